The Labute approximate surface area is 142 Å². The Morgan fingerprint density at radius 2 is 1.55 bits per heavy atom. The molecule has 0 saturated carbocycles. The first kappa shape index (κ1) is 21.7. The molecule has 0 aliphatic rings. The molecule has 1 nitrogen and oxygen atoms in total. The second-order valence-electron chi connectivity index (χ2n) is 9.62. The number of rotatable bonds is 6. The monoisotopic (exact) mass is 338 g/mol. The van der Waals surface area contributed by atoms with Gasteiger partial charge in [-0.05, 0) is 30.0 Å². The van der Waals surface area contributed by atoms with Gasteiger partial charge < -0.3 is 4.43 Å². The van der Waals surface area contributed by atoms with Crippen molar-refractivity contribution in [2.75, 3.05) is 6.61 Å². The molecule has 0 rings (SSSR count). The van der Waals surface area contributed by atoms with Gasteiger partial charge in [0, 0.05) is 12.5 Å². The van der Waals surface area contributed by atoms with Crippen LogP contribution in [0.1, 0.15) is 41.0 Å². The Kier molecular flexibility index (Phi) is 7.40. The van der Waals surface area contributed by atoms with Crippen LogP contribution < -0.4 is 0 Å². The number of allylic oxidation sites excluding steroid dienone is 1. The Hall–Kier alpha value is -0.306. The molecule has 0 radical (unpaired) electrons. The molecule has 0 fully saturated rings. The summed E-state index contributed by atoms with van der Waals surface area (Å²) in [5.74, 6) is 3.84. The van der Waals surface area contributed by atoms with Gasteiger partial charge in [0.25, 0.3) is 0 Å². The van der Waals surface area contributed by atoms with Crippen LogP contribution in [0.2, 0.25) is 37.8 Å². The fourth-order valence-electron chi connectivity index (χ4n) is 1.79. The summed E-state index contributed by atoms with van der Waals surface area (Å²) >= 11 is 0. The molecular formula is C19H38OSi2. The molecule has 0 aromatic heterocycles. The van der Waals surface area contributed by atoms with E-state index in [1.165, 1.54) is 0 Å². The lowest BCUT2D eigenvalue weighted by molar-refractivity contribution is 0.165. The van der Waals surface area contributed by atoms with E-state index in [9.17, 15) is 0 Å². The third kappa shape index (κ3) is 7.31. The summed E-state index contributed by atoms with van der Waals surface area (Å²) < 4.78 is 6.47. The molecule has 0 aliphatic carbocycles. The third-order valence-corrected chi connectivity index (χ3v) is 10.0. The summed E-state index contributed by atoms with van der Waals surface area (Å²) in [4.78, 5) is 0. The molecule has 0 aromatic rings. The third-order valence-electron chi connectivity index (χ3n) is 4.65. The molecule has 1 atom stereocenters. The maximum atomic E-state index is 6.47. The van der Waals surface area contributed by atoms with Crippen LogP contribution in [0.3, 0.4) is 0 Å². The predicted molar refractivity (Wildman–Crippen MR) is 106 cm³/mol. The zero-order chi connectivity index (χ0) is 17.8. The molecule has 0 saturated heterocycles. The highest BCUT2D eigenvalue weighted by Crippen LogP contribution is 2.38. The first-order chi connectivity index (χ1) is 9.62. The SMILES string of the molecule is C=CCC(C)(C)C(C#C[Si](C)(C)C)CO[Si](C)(C)C(C)(C)C. The van der Waals surface area contributed by atoms with Crippen molar-refractivity contribution in [1.82, 2.24) is 0 Å². The maximum Gasteiger partial charge on any atom is 0.192 e. The van der Waals surface area contributed by atoms with Crippen LogP contribution in [0.15, 0.2) is 12.7 Å². The van der Waals surface area contributed by atoms with Crippen LogP contribution in [0, 0.1) is 22.8 Å². The lowest BCUT2D eigenvalue weighted by Gasteiger charge is -2.39. The van der Waals surface area contributed by atoms with Crippen molar-refractivity contribution in [3.63, 3.8) is 0 Å². The van der Waals surface area contributed by atoms with Gasteiger partial charge >= 0.3 is 0 Å². The van der Waals surface area contributed by atoms with Crippen molar-refractivity contribution in [2.24, 2.45) is 11.3 Å². The van der Waals surface area contributed by atoms with Gasteiger partial charge in [-0.3, -0.25) is 0 Å². The van der Waals surface area contributed by atoms with Crippen molar-refractivity contribution in [3.8, 4) is 11.5 Å². The van der Waals surface area contributed by atoms with E-state index in [2.05, 4.69) is 85.4 Å². The van der Waals surface area contributed by atoms with E-state index in [0.29, 0.717) is 0 Å². The molecule has 0 spiro atoms. The van der Waals surface area contributed by atoms with Gasteiger partial charge in [0.05, 0.1) is 0 Å². The zero-order valence-corrected chi connectivity index (χ0v) is 18.7. The van der Waals surface area contributed by atoms with Crippen LogP contribution >= 0.6 is 0 Å². The van der Waals surface area contributed by atoms with Gasteiger partial charge in [-0.2, -0.15) is 0 Å². The highest BCUT2D eigenvalue weighted by molar-refractivity contribution is 6.83. The fourth-order valence-corrected chi connectivity index (χ4v) is 3.41. The van der Waals surface area contributed by atoms with Gasteiger partial charge in [-0.15, -0.1) is 18.0 Å². The van der Waals surface area contributed by atoms with Crippen LogP contribution in [0.25, 0.3) is 0 Å². The first-order valence-electron chi connectivity index (χ1n) is 8.40. The predicted octanol–water partition coefficient (Wildman–Crippen LogP) is 6.11. The smallest absolute Gasteiger partial charge is 0.192 e. The zero-order valence-electron chi connectivity index (χ0n) is 16.7. The molecule has 0 heterocycles. The van der Waals surface area contributed by atoms with Crippen molar-refractivity contribution < 1.29 is 4.43 Å². The van der Waals surface area contributed by atoms with Crippen molar-refractivity contribution in [3.05, 3.63) is 12.7 Å². The summed E-state index contributed by atoms with van der Waals surface area (Å²) in [6, 6.07) is 0. The van der Waals surface area contributed by atoms with Crippen LogP contribution in [0.5, 0.6) is 0 Å². The number of hydrogen-bond donors (Lipinski definition) is 0. The van der Waals surface area contributed by atoms with E-state index < -0.39 is 16.4 Å². The van der Waals surface area contributed by atoms with Gasteiger partial charge in [0.15, 0.2) is 8.32 Å². The molecule has 1 unspecified atom stereocenters. The summed E-state index contributed by atoms with van der Waals surface area (Å²) in [6.45, 7) is 27.6. The quantitative estimate of drug-likeness (QED) is 0.322. The molecular weight excluding hydrogens is 300 g/mol. The standard InChI is InChI=1S/C19H38OSi2/c1-12-14-19(5,6)17(13-15-21(7,8)9)16-20-22(10,11)18(2,3)4/h12,17H,1,14,16H2,2-11H3. The van der Waals surface area contributed by atoms with Gasteiger partial charge in [0.1, 0.15) is 8.07 Å². The lowest BCUT2D eigenvalue weighted by atomic mass is 9.77. The molecule has 0 aromatic carbocycles. The highest BCUT2D eigenvalue weighted by Gasteiger charge is 2.39. The minimum Gasteiger partial charge on any atom is -0.416 e. The molecule has 0 aliphatic heterocycles. The topological polar surface area (TPSA) is 9.23 Å². The van der Waals surface area contributed by atoms with E-state index in [1.807, 2.05) is 6.08 Å². The van der Waals surface area contributed by atoms with Crippen LogP contribution in [-0.2, 0) is 4.43 Å². The van der Waals surface area contributed by atoms with Crippen LogP contribution in [0.4, 0.5) is 0 Å². The van der Waals surface area contributed by atoms with Gasteiger partial charge in [0.2, 0.25) is 0 Å². The Morgan fingerprint density at radius 1 is 1.05 bits per heavy atom. The van der Waals surface area contributed by atoms with Crippen molar-refractivity contribution >= 4 is 16.4 Å². The molecule has 3 heteroatoms. The second-order valence-corrected chi connectivity index (χ2v) is 19.2. The van der Waals surface area contributed by atoms with Gasteiger partial charge in [-0.25, -0.2) is 0 Å². The first-order valence-corrected chi connectivity index (χ1v) is 14.8. The summed E-state index contributed by atoms with van der Waals surface area (Å²) in [6.07, 6.45) is 2.98. The van der Waals surface area contributed by atoms with Gasteiger partial charge in [-0.1, -0.05) is 60.3 Å². The highest BCUT2D eigenvalue weighted by atomic mass is 28.4. The lowest BCUT2D eigenvalue weighted by Crippen LogP contribution is -2.43. The molecule has 0 amide bonds. The van der Waals surface area contributed by atoms with Crippen LogP contribution in [-0.4, -0.2) is 23.0 Å². The largest absolute Gasteiger partial charge is 0.416 e. The number of hydrogen-bond acceptors (Lipinski definition) is 1. The second kappa shape index (κ2) is 7.51. The molecule has 22 heavy (non-hydrogen) atoms. The normalized spacial score (nSPS) is 15.0. The summed E-state index contributed by atoms with van der Waals surface area (Å²) in [5.41, 5.74) is 3.66. The Bertz CT molecular complexity index is 425. The van der Waals surface area contributed by atoms with E-state index in [-0.39, 0.29) is 16.4 Å². The Morgan fingerprint density at radius 3 is 1.91 bits per heavy atom. The van der Waals surface area contributed by atoms with E-state index in [1.54, 1.807) is 0 Å². The average molecular weight is 339 g/mol. The van der Waals surface area contributed by atoms with E-state index >= 15 is 0 Å². The molecule has 0 bridgehead atoms. The Balaban J connectivity index is 5.27. The van der Waals surface area contributed by atoms with E-state index in [4.69, 9.17) is 4.43 Å². The fraction of sp³-hybridized carbons (Fsp3) is 0.789. The molecule has 0 N–H and O–H groups in total. The van der Waals surface area contributed by atoms with E-state index in [0.717, 1.165) is 13.0 Å². The summed E-state index contributed by atoms with van der Waals surface area (Å²) in [7, 11) is -3.09. The van der Waals surface area contributed by atoms with Crippen molar-refractivity contribution in [2.45, 2.75) is 78.8 Å². The minimum atomic E-state index is -1.73. The minimum absolute atomic E-state index is 0.108. The average Bonchev–Trinajstić information content (AvgIpc) is 2.24. The maximum absolute atomic E-state index is 6.47. The summed E-state index contributed by atoms with van der Waals surface area (Å²) in [5, 5.41) is 0.242. The van der Waals surface area contributed by atoms with Crippen molar-refractivity contribution in [1.29, 1.82) is 0 Å². The molecule has 128 valence electrons.